The van der Waals surface area contributed by atoms with Gasteiger partial charge in [0.15, 0.2) is 0 Å². The number of hydrogen-bond donors (Lipinski definition) is 1. The molecule has 7 heteroatoms. The van der Waals surface area contributed by atoms with E-state index >= 15 is 0 Å². The van der Waals surface area contributed by atoms with E-state index < -0.39 is 10.0 Å². The molecule has 2 aromatic rings. The molecule has 1 aromatic heterocycles. The van der Waals surface area contributed by atoms with Crippen molar-refractivity contribution in [1.29, 1.82) is 0 Å². The molecule has 1 aliphatic heterocycles. The number of sulfonamides is 1. The summed E-state index contributed by atoms with van der Waals surface area (Å²) < 4.78 is 28.0. The maximum Gasteiger partial charge on any atom is 0.264 e. The summed E-state index contributed by atoms with van der Waals surface area (Å²) in [5.74, 6) is 0. The van der Waals surface area contributed by atoms with E-state index in [-0.39, 0.29) is 5.56 Å². The lowest BCUT2D eigenvalue weighted by Gasteiger charge is -2.22. The van der Waals surface area contributed by atoms with E-state index in [0.717, 1.165) is 31.2 Å². The predicted octanol–water partition coefficient (Wildman–Crippen LogP) is 2.56. The van der Waals surface area contributed by atoms with Gasteiger partial charge < -0.3 is 0 Å². The molecule has 1 aliphatic rings. The zero-order chi connectivity index (χ0) is 17.9. The van der Waals surface area contributed by atoms with Crippen LogP contribution < -0.4 is 5.56 Å². The summed E-state index contributed by atoms with van der Waals surface area (Å²) in [4.78, 5) is 11.5. The molecule has 1 N–H and O–H groups in total. The number of benzene rings is 1. The van der Waals surface area contributed by atoms with E-state index in [1.165, 1.54) is 6.07 Å². The lowest BCUT2D eigenvalue weighted by Crippen LogP contribution is -2.32. The van der Waals surface area contributed by atoms with Crippen LogP contribution >= 0.6 is 0 Å². The first kappa shape index (κ1) is 17.8. The Balaban J connectivity index is 2.05. The van der Waals surface area contributed by atoms with Crippen LogP contribution in [0.5, 0.6) is 0 Å². The van der Waals surface area contributed by atoms with Crippen LogP contribution in [-0.2, 0) is 16.4 Å². The zero-order valence-corrected chi connectivity index (χ0v) is 15.2. The van der Waals surface area contributed by atoms with Gasteiger partial charge in [0.1, 0.15) is 0 Å². The average Bonchev–Trinajstić information content (AvgIpc) is 2.92. The number of nitrogens with one attached hydrogen (secondary N) is 1. The molecule has 0 unspecified atom stereocenters. The van der Waals surface area contributed by atoms with E-state index in [0.29, 0.717) is 35.7 Å². The standard InChI is InChI=1S/C18H23N3O3S/c1-2-14-7-8-15(16-9-10-18(22)20-19-16)13-17(14)25(23,24)21-11-5-3-4-6-12-21/h7-10,13H,2-6,11-12H2,1H3,(H,20,22). The smallest absolute Gasteiger partial charge is 0.264 e. The maximum atomic E-state index is 13.2. The Morgan fingerprint density at radius 2 is 1.80 bits per heavy atom. The van der Waals surface area contributed by atoms with Crippen LogP contribution in [0.25, 0.3) is 11.3 Å². The summed E-state index contributed by atoms with van der Waals surface area (Å²) >= 11 is 0. The van der Waals surface area contributed by atoms with Crippen molar-refractivity contribution in [3.63, 3.8) is 0 Å². The second kappa shape index (κ2) is 7.49. The minimum absolute atomic E-state index is 0.286. The second-order valence-corrected chi connectivity index (χ2v) is 8.21. The third kappa shape index (κ3) is 3.82. The fourth-order valence-electron chi connectivity index (χ4n) is 3.17. The minimum Gasteiger partial charge on any atom is -0.268 e. The molecule has 6 nitrogen and oxygen atoms in total. The number of nitrogens with zero attached hydrogens (tertiary/aromatic N) is 2. The first-order valence-electron chi connectivity index (χ1n) is 8.71. The van der Waals surface area contributed by atoms with Gasteiger partial charge in [-0.2, -0.15) is 9.40 Å². The molecule has 134 valence electrons. The first-order valence-corrected chi connectivity index (χ1v) is 10.2. The highest BCUT2D eigenvalue weighted by molar-refractivity contribution is 7.89. The monoisotopic (exact) mass is 361 g/mol. The van der Waals surface area contributed by atoms with E-state index in [1.807, 2.05) is 19.1 Å². The van der Waals surface area contributed by atoms with Crippen LogP contribution in [0.1, 0.15) is 38.2 Å². The van der Waals surface area contributed by atoms with Crippen LogP contribution in [0.4, 0.5) is 0 Å². The van der Waals surface area contributed by atoms with Gasteiger partial charge in [-0.15, -0.1) is 0 Å². The molecule has 0 aliphatic carbocycles. The van der Waals surface area contributed by atoms with Crippen molar-refractivity contribution in [2.45, 2.75) is 43.9 Å². The first-order chi connectivity index (χ1) is 12.0. The summed E-state index contributed by atoms with van der Waals surface area (Å²) in [7, 11) is -3.53. The number of aromatic nitrogens is 2. The lowest BCUT2D eigenvalue weighted by molar-refractivity contribution is 0.423. The van der Waals surface area contributed by atoms with Gasteiger partial charge in [0, 0.05) is 24.7 Å². The third-order valence-electron chi connectivity index (χ3n) is 4.61. The summed E-state index contributed by atoms with van der Waals surface area (Å²) in [6.07, 6.45) is 4.60. The van der Waals surface area contributed by atoms with Gasteiger partial charge in [-0.3, -0.25) is 4.79 Å². The van der Waals surface area contributed by atoms with E-state index in [9.17, 15) is 13.2 Å². The van der Waals surface area contributed by atoms with Gasteiger partial charge in [-0.25, -0.2) is 13.5 Å². The van der Waals surface area contributed by atoms with Crippen LogP contribution in [0.2, 0.25) is 0 Å². The molecule has 3 rings (SSSR count). The van der Waals surface area contributed by atoms with Crippen LogP contribution in [0, 0.1) is 0 Å². The second-order valence-electron chi connectivity index (χ2n) is 6.30. The fraction of sp³-hybridized carbons (Fsp3) is 0.444. The molecule has 1 fully saturated rings. The quantitative estimate of drug-likeness (QED) is 0.907. The van der Waals surface area contributed by atoms with E-state index in [4.69, 9.17) is 0 Å². The van der Waals surface area contributed by atoms with E-state index in [2.05, 4.69) is 10.2 Å². The summed E-state index contributed by atoms with van der Waals surface area (Å²) in [6.45, 7) is 3.11. The van der Waals surface area contributed by atoms with E-state index in [1.54, 1.807) is 16.4 Å². The molecule has 0 saturated carbocycles. The average molecular weight is 361 g/mol. The number of aromatic amines is 1. The molecule has 25 heavy (non-hydrogen) atoms. The molecule has 0 bridgehead atoms. The van der Waals surface area contributed by atoms with Crippen molar-refractivity contribution in [3.05, 3.63) is 46.2 Å². The van der Waals surface area contributed by atoms with Crippen molar-refractivity contribution >= 4 is 10.0 Å². The van der Waals surface area contributed by atoms with Crippen molar-refractivity contribution in [2.24, 2.45) is 0 Å². The van der Waals surface area contributed by atoms with Crippen molar-refractivity contribution in [1.82, 2.24) is 14.5 Å². The molecule has 0 atom stereocenters. The Morgan fingerprint density at radius 1 is 1.08 bits per heavy atom. The molecule has 1 saturated heterocycles. The van der Waals surface area contributed by atoms with Gasteiger partial charge in [0.05, 0.1) is 10.6 Å². The number of H-pyrrole nitrogens is 1. The molecule has 0 radical (unpaired) electrons. The Labute approximate surface area is 147 Å². The maximum absolute atomic E-state index is 13.2. The van der Waals surface area contributed by atoms with Gasteiger partial charge in [0.25, 0.3) is 5.56 Å². The summed E-state index contributed by atoms with van der Waals surface area (Å²) in [5.41, 5.74) is 1.75. The number of aryl methyl sites for hydroxylation is 1. The predicted molar refractivity (Wildman–Crippen MR) is 96.9 cm³/mol. The van der Waals surface area contributed by atoms with Crippen LogP contribution in [0.3, 0.4) is 0 Å². The van der Waals surface area contributed by atoms with Gasteiger partial charge in [0.2, 0.25) is 10.0 Å². The number of hydrogen-bond acceptors (Lipinski definition) is 4. The normalized spacial score (nSPS) is 16.5. The van der Waals surface area contributed by atoms with Gasteiger partial charge in [-0.05, 0) is 37.0 Å². The van der Waals surface area contributed by atoms with Crippen molar-refractivity contribution in [2.75, 3.05) is 13.1 Å². The Bertz CT molecular complexity index is 878. The van der Waals surface area contributed by atoms with Gasteiger partial charge in [-0.1, -0.05) is 31.9 Å². The highest BCUT2D eigenvalue weighted by atomic mass is 32.2. The highest BCUT2D eigenvalue weighted by Gasteiger charge is 2.27. The number of rotatable bonds is 4. The van der Waals surface area contributed by atoms with Gasteiger partial charge >= 0.3 is 0 Å². The molecule has 2 heterocycles. The summed E-state index contributed by atoms with van der Waals surface area (Å²) in [5, 5.41) is 6.40. The largest absolute Gasteiger partial charge is 0.268 e. The molecular weight excluding hydrogens is 338 g/mol. The molecule has 0 amide bonds. The third-order valence-corrected chi connectivity index (χ3v) is 6.59. The van der Waals surface area contributed by atoms with Crippen molar-refractivity contribution < 1.29 is 8.42 Å². The SMILES string of the molecule is CCc1ccc(-c2ccc(=O)[nH]n2)cc1S(=O)(=O)N1CCCCCC1. The molecule has 0 spiro atoms. The Morgan fingerprint density at radius 3 is 2.40 bits per heavy atom. The summed E-state index contributed by atoms with van der Waals surface area (Å²) in [6, 6.07) is 8.36. The van der Waals surface area contributed by atoms with Crippen LogP contribution in [0.15, 0.2) is 40.0 Å². The van der Waals surface area contributed by atoms with Crippen molar-refractivity contribution in [3.8, 4) is 11.3 Å². The molecule has 1 aromatic carbocycles. The lowest BCUT2D eigenvalue weighted by atomic mass is 10.1. The fourth-order valence-corrected chi connectivity index (χ4v) is 5.01. The highest BCUT2D eigenvalue weighted by Crippen LogP contribution is 2.28. The molecular formula is C18H23N3O3S. The Kier molecular flexibility index (Phi) is 5.34. The Hall–Kier alpha value is -1.99. The zero-order valence-electron chi connectivity index (χ0n) is 14.4. The topological polar surface area (TPSA) is 83.1 Å². The minimum atomic E-state index is -3.53. The van der Waals surface area contributed by atoms with Crippen LogP contribution in [-0.4, -0.2) is 36.0 Å².